The molecule has 0 fully saturated rings. The average molecular weight is 341 g/mol. The number of halogens is 3. The van der Waals surface area contributed by atoms with Crippen molar-refractivity contribution in [3.8, 4) is 0 Å². The van der Waals surface area contributed by atoms with Crippen molar-refractivity contribution in [3.63, 3.8) is 0 Å². The number of benzene rings is 1. The number of carbonyl (C=O) groups is 1. The maximum atomic E-state index is 12.6. The van der Waals surface area contributed by atoms with Gasteiger partial charge in [-0.1, -0.05) is 30.3 Å². The van der Waals surface area contributed by atoms with Crippen LogP contribution >= 0.6 is 0 Å². The fourth-order valence-corrected chi connectivity index (χ4v) is 1.74. The quantitative estimate of drug-likeness (QED) is 0.840. The summed E-state index contributed by atoms with van der Waals surface area (Å²) in [6.45, 7) is 0.0870. The number of hydroxylamine groups is 2. The third-order valence-corrected chi connectivity index (χ3v) is 3.03. The van der Waals surface area contributed by atoms with Gasteiger partial charge in [0.05, 0.1) is 5.56 Å². The van der Waals surface area contributed by atoms with E-state index in [0.717, 1.165) is 10.6 Å². The maximum Gasteiger partial charge on any atom is 0.417 e. The highest BCUT2D eigenvalue weighted by atomic mass is 19.4. The van der Waals surface area contributed by atoms with E-state index in [9.17, 15) is 22.8 Å². The number of amides is 2. The molecule has 2 rings (SSSR count). The Morgan fingerprint density at radius 1 is 1.29 bits per heavy atom. The van der Waals surface area contributed by atoms with Crippen LogP contribution in [-0.2, 0) is 17.6 Å². The van der Waals surface area contributed by atoms with Crippen molar-refractivity contribution in [1.29, 1.82) is 0 Å². The van der Waals surface area contributed by atoms with Gasteiger partial charge in [0.15, 0.2) is 0 Å². The Hall–Kier alpha value is -2.81. The number of hydrogen-bond donors (Lipinski definition) is 2. The van der Waals surface area contributed by atoms with Crippen LogP contribution in [0.4, 0.5) is 23.7 Å². The van der Waals surface area contributed by atoms with Gasteiger partial charge < -0.3 is 10.3 Å². The molecule has 0 aliphatic carbocycles. The predicted molar refractivity (Wildman–Crippen MR) is 80.1 cm³/mol. The normalized spacial score (nSPS) is 11.2. The molecule has 0 unspecified atom stereocenters. The minimum absolute atomic E-state index is 0.0870. The molecule has 0 bridgehead atoms. The van der Waals surface area contributed by atoms with Gasteiger partial charge in [-0.2, -0.15) is 13.2 Å². The van der Waals surface area contributed by atoms with Crippen LogP contribution in [0.1, 0.15) is 11.1 Å². The molecule has 1 aromatic carbocycles. The number of aromatic amines is 1. The summed E-state index contributed by atoms with van der Waals surface area (Å²) in [5.41, 5.74) is -1.66. The largest absolute Gasteiger partial charge is 0.417 e. The molecule has 0 radical (unpaired) electrons. The molecule has 9 heteroatoms. The van der Waals surface area contributed by atoms with Gasteiger partial charge in [0, 0.05) is 13.2 Å². The first-order valence-corrected chi connectivity index (χ1v) is 6.79. The number of aromatic nitrogens is 1. The standard InChI is InChI=1S/C15H14F3N3O3/c1-21(24-9-10-5-3-2-4-6-10)14(23)20-12-7-11(15(16,17)18)8-19-13(12)22/h2-8H,9H2,1H3,(H,19,22)(H,20,23). The van der Waals surface area contributed by atoms with E-state index in [0.29, 0.717) is 12.3 Å². The lowest BCUT2D eigenvalue weighted by Crippen LogP contribution is -2.33. The van der Waals surface area contributed by atoms with Crippen LogP contribution in [-0.4, -0.2) is 23.1 Å². The number of alkyl halides is 3. The number of rotatable bonds is 4. The zero-order valence-electron chi connectivity index (χ0n) is 12.6. The minimum atomic E-state index is -4.64. The first kappa shape index (κ1) is 17.5. The fourth-order valence-electron chi connectivity index (χ4n) is 1.74. The number of urea groups is 1. The highest BCUT2D eigenvalue weighted by Crippen LogP contribution is 2.29. The number of anilines is 1. The lowest BCUT2D eigenvalue weighted by molar-refractivity contribution is -0.137. The number of H-pyrrole nitrogens is 1. The summed E-state index contributed by atoms with van der Waals surface area (Å²) in [6.07, 6.45) is -4.10. The topological polar surface area (TPSA) is 74.4 Å². The summed E-state index contributed by atoms with van der Waals surface area (Å²) < 4.78 is 37.9. The molecule has 0 spiro atoms. The Morgan fingerprint density at radius 3 is 2.58 bits per heavy atom. The number of carbonyl (C=O) groups excluding carboxylic acids is 1. The predicted octanol–water partition coefficient (Wildman–Crippen LogP) is 2.99. The highest BCUT2D eigenvalue weighted by Gasteiger charge is 2.31. The Bertz CT molecular complexity index is 760. The van der Waals surface area contributed by atoms with Gasteiger partial charge in [0.2, 0.25) is 0 Å². The van der Waals surface area contributed by atoms with Crippen molar-refractivity contribution in [2.45, 2.75) is 12.8 Å². The Balaban J connectivity index is 2.02. The van der Waals surface area contributed by atoms with E-state index in [1.807, 2.05) is 11.1 Å². The van der Waals surface area contributed by atoms with Crippen LogP contribution in [0.3, 0.4) is 0 Å². The molecule has 0 aliphatic rings. The molecule has 0 saturated heterocycles. The second kappa shape index (κ2) is 7.18. The molecule has 0 atom stereocenters. The molecule has 2 N–H and O–H groups in total. The third kappa shape index (κ3) is 4.59. The lowest BCUT2D eigenvalue weighted by atomic mass is 10.2. The number of nitrogens with zero attached hydrogens (tertiary/aromatic N) is 1. The van der Waals surface area contributed by atoms with E-state index < -0.39 is 29.0 Å². The van der Waals surface area contributed by atoms with Crippen LogP contribution in [0.15, 0.2) is 47.4 Å². The van der Waals surface area contributed by atoms with E-state index in [1.165, 1.54) is 7.05 Å². The van der Waals surface area contributed by atoms with Crippen LogP contribution in [0, 0.1) is 0 Å². The summed E-state index contributed by atoms with van der Waals surface area (Å²) in [7, 11) is 1.28. The summed E-state index contributed by atoms with van der Waals surface area (Å²) in [6, 6.07) is 8.64. The SMILES string of the molecule is CN(OCc1ccccc1)C(=O)Nc1cc(C(F)(F)F)c[nH]c1=O. The zero-order chi connectivity index (χ0) is 17.7. The maximum absolute atomic E-state index is 12.6. The van der Waals surface area contributed by atoms with Crippen molar-refractivity contribution in [3.05, 3.63) is 64.1 Å². The van der Waals surface area contributed by atoms with Gasteiger partial charge in [-0.25, -0.2) is 9.86 Å². The fraction of sp³-hybridized carbons (Fsp3) is 0.200. The Morgan fingerprint density at radius 2 is 1.96 bits per heavy atom. The Labute approximate surface area is 134 Å². The lowest BCUT2D eigenvalue weighted by Gasteiger charge is -2.17. The molecule has 6 nitrogen and oxygen atoms in total. The molecule has 1 heterocycles. The van der Waals surface area contributed by atoms with E-state index in [4.69, 9.17) is 4.84 Å². The molecular formula is C15H14F3N3O3. The van der Waals surface area contributed by atoms with Crippen LogP contribution in [0.25, 0.3) is 0 Å². The Kier molecular flexibility index (Phi) is 5.24. The first-order chi connectivity index (χ1) is 11.3. The van der Waals surface area contributed by atoms with Crippen LogP contribution in [0.5, 0.6) is 0 Å². The van der Waals surface area contributed by atoms with Gasteiger partial charge in [0.25, 0.3) is 5.56 Å². The van der Waals surface area contributed by atoms with E-state index in [1.54, 1.807) is 24.3 Å². The summed E-state index contributed by atoms with van der Waals surface area (Å²) >= 11 is 0. The van der Waals surface area contributed by atoms with Crippen molar-refractivity contribution in [2.75, 3.05) is 12.4 Å². The van der Waals surface area contributed by atoms with Gasteiger partial charge in [-0.3, -0.25) is 9.63 Å². The monoisotopic (exact) mass is 341 g/mol. The second-order valence-corrected chi connectivity index (χ2v) is 4.82. The van der Waals surface area contributed by atoms with Crippen molar-refractivity contribution in [2.24, 2.45) is 0 Å². The number of hydrogen-bond acceptors (Lipinski definition) is 3. The van der Waals surface area contributed by atoms with E-state index >= 15 is 0 Å². The molecule has 0 aliphatic heterocycles. The average Bonchev–Trinajstić information content (AvgIpc) is 2.54. The van der Waals surface area contributed by atoms with Crippen LogP contribution in [0.2, 0.25) is 0 Å². The second-order valence-electron chi connectivity index (χ2n) is 4.82. The molecule has 1 aromatic heterocycles. The van der Waals surface area contributed by atoms with Crippen molar-refractivity contribution < 1.29 is 22.8 Å². The van der Waals surface area contributed by atoms with Gasteiger partial charge in [0.1, 0.15) is 12.3 Å². The third-order valence-electron chi connectivity index (χ3n) is 3.03. The zero-order valence-corrected chi connectivity index (χ0v) is 12.6. The van der Waals surface area contributed by atoms with E-state index in [-0.39, 0.29) is 6.61 Å². The first-order valence-electron chi connectivity index (χ1n) is 6.79. The van der Waals surface area contributed by atoms with Gasteiger partial charge in [-0.05, 0) is 11.6 Å². The smallest absolute Gasteiger partial charge is 0.327 e. The van der Waals surface area contributed by atoms with Crippen molar-refractivity contribution in [1.82, 2.24) is 10.0 Å². The summed E-state index contributed by atoms with van der Waals surface area (Å²) in [5, 5.41) is 2.88. The molecule has 128 valence electrons. The van der Waals surface area contributed by atoms with Crippen molar-refractivity contribution >= 4 is 11.7 Å². The molecule has 0 saturated carbocycles. The van der Waals surface area contributed by atoms with E-state index in [2.05, 4.69) is 5.32 Å². The molecule has 2 aromatic rings. The number of pyridine rings is 1. The molecule has 24 heavy (non-hydrogen) atoms. The highest BCUT2D eigenvalue weighted by molar-refractivity contribution is 5.88. The summed E-state index contributed by atoms with van der Waals surface area (Å²) in [5.74, 6) is 0. The summed E-state index contributed by atoms with van der Waals surface area (Å²) in [4.78, 5) is 30.6. The molecular weight excluding hydrogens is 327 g/mol. The minimum Gasteiger partial charge on any atom is -0.327 e. The van der Waals surface area contributed by atoms with Crippen LogP contribution < -0.4 is 10.9 Å². The van der Waals surface area contributed by atoms with Gasteiger partial charge >= 0.3 is 12.2 Å². The number of nitrogens with one attached hydrogen (secondary N) is 2. The molecule has 2 amide bonds. The van der Waals surface area contributed by atoms with Gasteiger partial charge in [-0.15, -0.1) is 0 Å².